The van der Waals surface area contributed by atoms with Crippen LogP contribution in [0, 0.1) is 0 Å². The summed E-state index contributed by atoms with van der Waals surface area (Å²) in [6.07, 6.45) is 3.22. The molecule has 1 N–H and O–H groups in total. The number of nitrogens with zero attached hydrogens (tertiary/aromatic N) is 2. The zero-order valence-corrected chi connectivity index (χ0v) is 13.5. The lowest BCUT2D eigenvalue weighted by molar-refractivity contribution is -0.111. The van der Waals surface area contributed by atoms with Crippen LogP contribution in [0.3, 0.4) is 0 Å². The highest BCUT2D eigenvalue weighted by Crippen LogP contribution is 2.27. The first-order chi connectivity index (χ1) is 11.2. The van der Waals surface area contributed by atoms with E-state index < -0.39 is 0 Å². The van der Waals surface area contributed by atoms with Crippen molar-refractivity contribution in [3.8, 4) is 10.6 Å². The van der Waals surface area contributed by atoms with Crippen LogP contribution in [-0.4, -0.2) is 16.1 Å². The van der Waals surface area contributed by atoms with Gasteiger partial charge in [0, 0.05) is 16.7 Å². The first kappa shape index (κ1) is 15.4. The lowest BCUT2D eigenvalue weighted by atomic mass is 10.2. The summed E-state index contributed by atoms with van der Waals surface area (Å²) >= 11 is 7.17. The molecule has 0 saturated carbocycles. The molecule has 0 aliphatic heterocycles. The molecule has 4 nitrogen and oxygen atoms in total. The number of benzene rings is 2. The number of anilines is 1. The van der Waals surface area contributed by atoms with E-state index in [4.69, 9.17) is 11.6 Å². The van der Waals surface area contributed by atoms with Crippen LogP contribution < -0.4 is 5.32 Å². The third-order valence-electron chi connectivity index (χ3n) is 2.97. The van der Waals surface area contributed by atoms with Crippen molar-refractivity contribution in [2.45, 2.75) is 0 Å². The van der Waals surface area contributed by atoms with Crippen molar-refractivity contribution in [3.05, 3.63) is 71.3 Å². The summed E-state index contributed by atoms with van der Waals surface area (Å²) in [5.41, 5.74) is 1.87. The summed E-state index contributed by atoms with van der Waals surface area (Å²) in [6, 6.07) is 16.9. The molecule has 3 aromatic rings. The Kier molecular flexibility index (Phi) is 4.80. The summed E-state index contributed by atoms with van der Waals surface area (Å²) < 4.78 is 0. The zero-order valence-electron chi connectivity index (χ0n) is 11.9. The molecule has 1 aromatic heterocycles. The molecule has 0 unspecified atom stereocenters. The van der Waals surface area contributed by atoms with Crippen molar-refractivity contribution >= 4 is 40.1 Å². The topological polar surface area (TPSA) is 54.9 Å². The van der Waals surface area contributed by atoms with E-state index >= 15 is 0 Å². The maximum atomic E-state index is 11.9. The van der Waals surface area contributed by atoms with E-state index in [0.29, 0.717) is 10.2 Å². The molecule has 23 heavy (non-hydrogen) atoms. The number of rotatable bonds is 4. The van der Waals surface area contributed by atoms with Gasteiger partial charge in [0.1, 0.15) is 5.01 Å². The van der Waals surface area contributed by atoms with Crippen LogP contribution in [-0.2, 0) is 4.79 Å². The second-order valence-corrected chi connectivity index (χ2v) is 6.07. The van der Waals surface area contributed by atoms with E-state index in [-0.39, 0.29) is 5.91 Å². The number of hydrogen-bond donors (Lipinski definition) is 1. The van der Waals surface area contributed by atoms with Gasteiger partial charge in [-0.2, -0.15) is 0 Å². The molecule has 1 heterocycles. The van der Waals surface area contributed by atoms with Gasteiger partial charge in [0.2, 0.25) is 11.0 Å². The first-order valence-corrected chi connectivity index (χ1v) is 8.04. The zero-order chi connectivity index (χ0) is 16.1. The smallest absolute Gasteiger partial charge is 0.250 e. The lowest BCUT2D eigenvalue weighted by Gasteiger charge is -1.96. The highest BCUT2D eigenvalue weighted by molar-refractivity contribution is 7.18. The van der Waals surface area contributed by atoms with Crippen LogP contribution in [0.1, 0.15) is 5.56 Å². The normalized spacial score (nSPS) is 10.8. The van der Waals surface area contributed by atoms with E-state index in [1.165, 1.54) is 17.4 Å². The summed E-state index contributed by atoms with van der Waals surface area (Å²) in [6.45, 7) is 0. The molecule has 0 aliphatic carbocycles. The van der Waals surface area contributed by atoms with Gasteiger partial charge in [0.05, 0.1) is 0 Å². The van der Waals surface area contributed by atoms with Crippen molar-refractivity contribution in [1.29, 1.82) is 0 Å². The van der Waals surface area contributed by atoms with Gasteiger partial charge in [0.15, 0.2) is 0 Å². The molecule has 2 aromatic carbocycles. The van der Waals surface area contributed by atoms with E-state index in [9.17, 15) is 4.79 Å². The minimum absolute atomic E-state index is 0.243. The van der Waals surface area contributed by atoms with Gasteiger partial charge in [-0.25, -0.2) is 0 Å². The predicted molar refractivity (Wildman–Crippen MR) is 94.5 cm³/mol. The molecule has 0 atom stereocenters. The Morgan fingerprint density at radius 2 is 1.78 bits per heavy atom. The van der Waals surface area contributed by atoms with E-state index in [0.717, 1.165) is 16.1 Å². The number of aromatic nitrogens is 2. The molecule has 0 saturated heterocycles. The SMILES string of the molecule is O=C(/C=C\c1ccccc1)Nc1nnc(-c2ccc(Cl)cc2)s1. The molecular weight excluding hydrogens is 330 g/mol. The molecule has 0 radical (unpaired) electrons. The second kappa shape index (κ2) is 7.17. The monoisotopic (exact) mass is 341 g/mol. The number of carbonyl (C=O) groups excluding carboxylic acids is 1. The van der Waals surface area contributed by atoms with Crippen LogP contribution in [0.2, 0.25) is 5.02 Å². The van der Waals surface area contributed by atoms with Gasteiger partial charge in [0.25, 0.3) is 0 Å². The average molecular weight is 342 g/mol. The van der Waals surface area contributed by atoms with Crippen LogP contribution >= 0.6 is 22.9 Å². The fourth-order valence-electron chi connectivity index (χ4n) is 1.87. The fraction of sp³-hybridized carbons (Fsp3) is 0. The molecule has 0 fully saturated rings. The second-order valence-electron chi connectivity index (χ2n) is 4.65. The minimum atomic E-state index is -0.243. The number of hydrogen-bond acceptors (Lipinski definition) is 4. The average Bonchev–Trinajstić information content (AvgIpc) is 3.03. The highest BCUT2D eigenvalue weighted by Gasteiger charge is 2.08. The Hall–Kier alpha value is -2.50. The molecule has 0 bridgehead atoms. The van der Waals surface area contributed by atoms with E-state index in [1.807, 2.05) is 42.5 Å². The number of carbonyl (C=O) groups is 1. The van der Waals surface area contributed by atoms with Crippen LogP contribution in [0.5, 0.6) is 0 Å². The third kappa shape index (κ3) is 4.25. The maximum absolute atomic E-state index is 11.9. The molecule has 6 heteroatoms. The van der Waals surface area contributed by atoms with Crippen molar-refractivity contribution in [1.82, 2.24) is 10.2 Å². The van der Waals surface area contributed by atoms with Gasteiger partial charge in [-0.05, 0) is 23.8 Å². The highest BCUT2D eigenvalue weighted by atomic mass is 35.5. The number of halogens is 1. The standard InChI is InChI=1S/C17H12ClN3OS/c18-14-9-7-13(8-10-14)16-20-21-17(23-16)19-15(22)11-6-12-4-2-1-3-5-12/h1-11H,(H,19,21,22)/b11-6-. The summed E-state index contributed by atoms with van der Waals surface area (Å²) in [5, 5.41) is 12.6. The molecule has 3 rings (SSSR count). The van der Waals surface area contributed by atoms with Gasteiger partial charge >= 0.3 is 0 Å². The quantitative estimate of drug-likeness (QED) is 0.710. The van der Waals surface area contributed by atoms with Crippen LogP contribution in [0.4, 0.5) is 5.13 Å². The van der Waals surface area contributed by atoms with E-state index in [2.05, 4.69) is 15.5 Å². The molecule has 1 amide bonds. The van der Waals surface area contributed by atoms with Crippen molar-refractivity contribution in [3.63, 3.8) is 0 Å². The predicted octanol–water partition coefficient (Wildman–Crippen LogP) is 4.51. The Morgan fingerprint density at radius 3 is 2.52 bits per heavy atom. The summed E-state index contributed by atoms with van der Waals surface area (Å²) in [7, 11) is 0. The van der Waals surface area contributed by atoms with Crippen molar-refractivity contribution in [2.75, 3.05) is 5.32 Å². The van der Waals surface area contributed by atoms with Gasteiger partial charge < -0.3 is 0 Å². The summed E-state index contributed by atoms with van der Waals surface area (Å²) in [4.78, 5) is 11.9. The largest absolute Gasteiger partial charge is 0.297 e. The Morgan fingerprint density at radius 1 is 1.04 bits per heavy atom. The van der Waals surface area contributed by atoms with Gasteiger partial charge in [-0.15, -0.1) is 10.2 Å². The summed E-state index contributed by atoms with van der Waals surface area (Å²) in [5.74, 6) is -0.243. The van der Waals surface area contributed by atoms with E-state index in [1.54, 1.807) is 18.2 Å². The Labute approximate surface area is 142 Å². The van der Waals surface area contributed by atoms with Crippen LogP contribution in [0.25, 0.3) is 16.6 Å². The Bertz CT molecular complexity index is 829. The number of amides is 1. The number of nitrogens with one attached hydrogen (secondary N) is 1. The third-order valence-corrected chi connectivity index (χ3v) is 4.11. The van der Waals surface area contributed by atoms with Crippen molar-refractivity contribution < 1.29 is 4.79 Å². The lowest BCUT2D eigenvalue weighted by Crippen LogP contribution is -2.07. The maximum Gasteiger partial charge on any atom is 0.250 e. The molecule has 0 aliphatic rings. The molecule has 114 valence electrons. The van der Waals surface area contributed by atoms with Gasteiger partial charge in [-0.1, -0.05) is 65.4 Å². The van der Waals surface area contributed by atoms with Crippen molar-refractivity contribution in [2.24, 2.45) is 0 Å². The Balaban J connectivity index is 1.66. The van der Waals surface area contributed by atoms with Crippen LogP contribution in [0.15, 0.2) is 60.7 Å². The van der Waals surface area contributed by atoms with Gasteiger partial charge in [-0.3, -0.25) is 10.1 Å². The molecule has 0 spiro atoms. The minimum Gasteiger partial charge on any atom is -0.297 e. The fourth-order valence-corrected chi connectivity index (χ4v) is 2.74. The molecular formula is C17H12ClN3OS. The first-order valence-electron chi connectivity index (χ1n) is 6.84.